The number of nitrogens with zero attached hydrogens (tertiary/aromatic N) is 6. The summed E-state index contributed by atoms with van der Waals surface area (Å²) in [6.07, 6.45) is 0. The minimum Gasteiger partial charge on any atom is -0.457 e. The Balaban J connectivity index is -0.0000000700. The van der Waals surface area contributed by atoms with Crippen molar-refractivity contribution in [1.82, 2.24) is 15.8 Å². The van der Waals surface area contributed by atoms with Crippen LogP contribution in [0.5, 0.6) is 0 Å². The van der Waals surface area contributed by atoms with Gasteiger partial charge in [-0.25, -0.2) is 25.4 Å². The van der Waals surface area contributed by atoms with Crippen molar-refractivity contribution < 1.29 is 84.5 Å². The van der Waals surface area contributed by atoms with Crippen LogP contribution in [0.4, 0.5) is 9.59 Å². The fraction of sp³-hybridized carbons (Fsp3) is 0.182. The molecule has 18 N–H and O–H groups in total. The molecule has 1 aromatic rings. The van der Waals surface area contributed by atoms with Gasteiger partial charge < -0.3 is 79.3 Å². The Labute approximate surface area is 234 Å². The van der Waals surface area contributed by atoms with E-state index in [9.17, 15) is 9.59 Å². The number of nitrogens with one attached hydrogen (secondary N) is 2. The monoisotopic (exact) mass is 704 g/mol. The third kappa shape index (κ3) is 49.8. The minimum absolute atomic E-state index is 0. The van der Waals surface area contributed by atoms with Gasteiger partial charge >= 0.3 is 49.8 Å². The number of carbonyl (C=O) groups is 2. The Bertz CT molecular complexity index is 781. The average molecular weight is 704 g/mol. The Hall–Kier alpha value is -4.27. The standard InChI is InChI=1S/C11H15N7O2.Ho.3NO3.4H2O/c1-6(15-17-10(12)19)8-4-3-5-9(14-8)7(2)16-18-11(13)20;;3*2-1(3)4;;;;/h3-5H,1-2H3,(H3,12,17,19)(H3,13,18,20);;;;;4*1H2/q;+3;3*-1;;;;/p+4/b15-6+,16-7+;;;;;;;;. The molecule has 0 atom stereocenters. The van der Waals surface area contributed by atoms with E-state index in [1.807, 2.05) is 0 Å². The largest absolute Gasteiger partial charge is 3.00 e. The molecule has 0 bridgehead atoms. The van der Waals surface area contributed by atoms with Gasteiger partial charge in [-0.15, -0.1) is 0 Å². The second-order valence-electron chi connectivity index (χ2n) is 4.43. The topological polar surface area (TPSA) is 478 Å². The summed E-state index contributed by atoms with van der Waals surface area (Å²) >= 11 is 0. The van der Waals surface area contributed by atoms with Gasteiger partial charge in [0.05, 0.1) is 38.1 Å². The van der Waals surface area contributed by atoms with Gasteiger partial charge in [0, 0.05) is 0 Å². The molecule has 0 spiro atoms. The van der Waals surface area contributed by atoms with Gasteiger partial charge in [-0.1, -0.05) is 6.07 Å². The molecule has 4 amide bonds. The molecule has 37 heavy (non-hydrogen) atoms. The maximum atomic E-state index is 10.6. The van der Waals surface area contributed by atoms with Crippen LogP contribution in [0.25, 0.3) is 0 Å². The molecular formula is C11H27HoN10O15+4. The predicted octanol–water partition coefficient (Wildman–Crippen LogP) is -4.54. The van der Waals surface area contributed by atoms with Crippen molar-refractivity contribution in [3.63, 3.8) is 0 Å². The summed E-state index contributed by atoms with van der Waals surface area (Å²) < 4.78 is 0. The molecule has 0 saturated carbocycles. The second-order valence-corrected chi connectivity index (χ2v) is 4.43. The zero-order valence-electron chi connectivity index (χ0n) is 18.7. The molecule has 1 aromatic heterocycles. The van der Waals surface area contributed by atoms with Gasteiger partial charge in [0.25, 0.3) is 0 Å². The summed E-state index contributed by atoms with van der Waals surface area (Å²) in [5.74, 6) is 0. The average Bonchev–Trinajstić information content (AvgIpc) is 2.62. The first-order chi connectivity index (χ1) is 14.6. The SMILES string of the molecule is C/C(=N\NC(N)=O)c1cccc(/C(C)=N/NC(N)=O)n1.O=[N+]([O-])[O-].O=[N+]([O-])[O-].O=[N+]([O-])[O-].[Ho+3].[OH3+].[OH3+].[OH3+].[OH3+]. The van der Waals surface area contributed by atoms with E-state index in [0.717, 1.165) is 0 Å². The molecule has 0 unspecified atom stereocenters. The van der Waals surface area contributed by atoms with Crippen LogP contribution in [-0.4, -0.2) is 43.7 Å². The van der Waals surface area contributed by atoms with E-state index >= 15 is 0 Å². The molecule has 0 fully saturated rings. The summed E-state index contributed by atoms with van der Waals surface area (Å²) in [6.45, 7) is 3.33. The van der Waals surface area contributed by atoms with Crippen molar-refractivity contribution in [3.05, 3.63) is 75.6 Å². The summed E-state index contributed by atoms with van der Waals surface area (Å²) in [5.41, 5.74) is 16.1. The van der Waals surface area contributed by atoms with Crippen molar-refractivity contribution in [2.45, 2.75) is 13.8 Å². The van der Waals surface area contributed by atoms with Crippen molar-refractivity contribution in [3.8, 4) is 0 Å². The number of urea groups is 2. The van der Waals surface area contributed by atoms with Crippen molar-refractivity contribution in [2.24, 2.45) is 21.7 Å². The number of hydrogen-bond donors (Lipinski definition) is 4. The number of primary amides is 2. The molecule has 0 aromatic carbocycles. The molecule has 0 saturated heterocycles. The van der Waals surface area contributed by atoms with E-state index in [0.29, 0.717) is 22.8 Å². The first-order valence-electron chi connectivity index (χ1n) is 7.21. The number of carbonyl (C=O) groups excluding carboxylic acids is 2. The molecule has 218 valence electrons. The third-order valence-electron chi connectivity index (χ3n) is 2.16. The first-order valence-corrected chi connectivity index (χ1v) is 7.21. The summed E-state index contributed by atoms with van der Waals surface area (Å²) in [4.78, 5) is 50.2. The van der Waals surface area contributed by atoms with Crippen LogP contribution in [0.3, 0.4) is 0 Å². The maximum Gasteiger partial charge on any atom is 3.00 e. The van der Waals surface area contributed by atoms with Gasteiger partial charge in [0.1, 0.15) is 0 Å². The number of hydrazone groups is 2. The molecule has 1 heterocycles. The summed E-state index contributed by atoms with van der Waals surface area (Å²) in [6, 6.07) is 3.64. The molecule has 26 heteroatoms. The van der Waals surface area contributed by atoms with Gasteiger partial charge in [0.2, 0.25) is 0 Å². The fourth-order valence-electron chi connectivity index (χ4n) is 1.23. The van der Waals surface area contributed by atoms with E-state index in [4.69, 9.17) is 57.4 Å². The van der Waals surface area contributed by atoms with E-state index in [2.05, 4.69) is 26.0 Å². The summed E-state index contributed by atoms with van der Waals surface area (Å²) in [7, 11) is 0. The van der Waals surface area contributed by atoms with Crippen LogP contribution < -0.4 is 22.3 Å². The van der Waals surface area contributed by atoms with Crippen LogP contribution in [0.1, 0.15) is 25.2 Å². The first kappa shape index (κ1) is 53.9. The molecule has 25 nitrogen and oxygen atoms in total. The Morgan fingerprint density at radius 1 is 0.730 bits per heavy atom. The van der Waals surface area contributed by atoms with Crippen molar-refractivity contribution in [1.29, 1.82) is 0 Å². The van der Waals surface area contributed by atoms with Crippen LogP contribution >= 0.6 is 0 Å². The van der Waals surface area contributed by atoms with E-state index < -0.39 is 27.3 Å². The number of nitrogens with two attached hydrogens (primary N) is 2. The Morgan fingerprint density at radius 2 is 0.946 bits per heavy atom. The predicted molar refractivity (Wildman–Crippen MR) is 125 cm³/mol. The minimum atomic E-state index is -1.75. The van der Waals surface area contributed by atoms with Crippen molar-refractivity contribution in [2.75, 3.05) is 0 Å². The molecule has 1 rings (SSSR count). The van der Waals surface area contributed by atoms with Crippen LogP contribution in [0.2, 0.25) is 0 Å². The van der Waals surface area contributed by atoms with Crippen LogP contribution in [0.15, 0.2) is 28.4 Å². The molecular weight excluding hydrogens is 677 g/mol. The number of aromatic nitrogens is 1. The van der Waals surface area contributed by atoms with E-state index in [1.54, 1.807) is 32.0 Å². The van der Waals surface area contributed by atoms with E-state index in [1.165, 1.54) is 0 Å². The number of pyridine rings is 1. The van der Waals surface area contributed by atoms with Gasteiger partial charge in [-0.05, 0) is 26.0 Å². The number of rotatable bonds is 4. The van der Waals surface area contributed by atoms with Gasteiger partial charge in [-0.2, -0.15) is 10.2 Å². The second kappa shape index (κ2) is 31.7. The normalized spacial score (nSPS) is 8.38. The Kier molecular flexibility index (Phi) is 46.2. The molecule has 0 aliphatic rings. The van der Waals surface area contributed by atoms with E-state index in [-0.39, 0.29) is 59.6 Å². The van der Waals surface area contributed by atoms with Crippen LogP contribution in [-0.2, 0) is 21.9 Å². The maximum absolute atomic E-state index is 10.6. The summed E-state index contributed by atoms with van der Waals surface area (Å²) in [5, 5.41) is 51.8. The quantitative estimate of drug-likeness (QED) is 0.0757. The Morgan fingerprint density at radius 3 is 1.14 bits per heavy atom. The smallest absolute Gasteiger partial charge is 0.457 e. The van der Waals surface area contributed by atoms with Crippen LogP contribution in [0, 0.1) is 83.7 Å². The third-order valence-corrected chi connectivity index (χ3v) is 2.16. The number of amides is 4. The van der Waals surface area contributed by atoms with Crippen molar-refractivity contribution >= 4 is 23.5 Å². The zero-order valence-corrected chi connectivity index (χ0v) is 20.6. The zero-order chi connectivity index (χ0) is 25.9. The number of hydrogen-bond acceptors (Lipinski definition) is 14. The molecule has 0 aliphatic carbocycles. The fourth-order valence-corrected chi connectivity index (χ4v) is 1.23. The van der Waals surface area contributed by atoms with Gasteiger partial charge in [-0.3, -0.25) is 0 Å². The molecule has 0 radical (unpaired) electrons. The van der Waals surface area contributed by atoms with Gasteiger partial charge in [0.15, 0.2) is 0 Å². The molecule has 0 aliphatic heterocycles.